The molecule has 0 atom stereocenters. The zero-order valence-corrected chi connectivity index (χ0v) is 9.47. The van der Waals surface area contributed by atoms with Gasteiger partial charge in [-0.15, -0.1) is 0 Å². The smallest absolute Gasteiger partial charge is 0.240 e. The van der Waals surface area contributed by atoms with Crippen molar-refractivity contribution in [1.29, 1.82) is 0 Å². The highest BCUT2D eigenvalue weighted by atomic mass is 16.5. The molecule has 0 spiro atoms. The fourth-order valence-corrected chi connectivity index (χ4v) is 1.69. The summed E-state index contributed by atoms with van der Waals surface area (Å²) in [5, 5.41) is 2.26. The van der Waals surface area contributed by atoms with Crippen LogP contribution < -0.4 is 10.1 Å². The van der Waals surface area contributed by atoms with Gasteiger partial charge in [0.15, 0.2) is 0 Å². The van der Waals surface area contributed by atoms with E-state index in [-0.39, 0.29) is 24.9 Å². The Morgan fingerprint density at radius 3 is 2.59 bits per heavy atom. The van der Waals surface area contributed by atoms with E-state index < -0.39 is 0 Å². The quantitative estimate of drug-likeness (QED) is 0.718. The molecule has 1 N–H and O–H groups in total. The van der Waals surface area contributed by atoms with E-state index in [1.165, 1.54) is 0 Å². The molecule has 1 aromatic heterocycles. The second kappa shape index (κ2) is 4.92. The summed E-state index contributed by atoms with van der Waals surface area (Å²) < 4.78 is 4.95. The number of nitrogens with one attached hydrogen (secondary N) is 1. The minimum absolute atomic E-state index is 0.234. The van der Waals surface area contributed by atoms with Gasteiger partial charge in [-0.3, -0.25) is 19.8 Å². The van der Waals surface area contributed by atoms with E-state index in [1.807, 2.05) is 6.07 Å². The fourth-order valence-electron chi connectivity index (χ4n) is 1.69. The number of imide groups is 1. The number of pyridine rings is 1. The van der Waals surface area contributed by atoms with Gasteiger partial charge in [0, 0.05) is 18.8 Å². The van der Waals surface area contributed by atoms with E-state index in [2.05, 4.69) is 10.3 Å². The molecule has 0 unspecified atom stereocenters. The van der Waals surface area contributed by atoms with Crippen LogP contribution in [-0.4, -0.2) is 41.9 Å². The van der Waals surface area contributed by atoms with E-state index in [0.29, 0.717) is 12.4 Å². The van der Waals surface area contributed by atoms with Crippen molar-refractivity contribution in [2.45, 2.75) is 6.54 Å². The van der Waals surface area contributed by atoms with Gasteiger partial charge in [-0.2, -0.15) is 0 Å². The summed E-state index contributed by atoms with van der Waals surface area (Å²) in [5.41, 5.74) is 0.938. The molecule has 2 amide bonds. The second-order valence-corrected chi connectivity index (χ2v) is 3.83. The lowest BCUT2D eigenvalue weighted by Gasteiger charge is -2.24. The molecule has 0 aromatic carbocycles. The van der Waals surface area contributed by atoms with Crippen molar-refractivity contribution < 1.29 is 14.3 Å². The predicted molar refractivity (Wildman–Crippen MR) is 59.2 cm³/mol. The number of rotatable bonds is 3. The van der Waals surface area contributed by atoms with Crippen molar-refractivity contribution in [3.05, 3.63) is 23.9 Å². The van der Waals surface area contributed by atoms with Crippen LogP contribution in [-0.2, 0) is 16.1 Å². The Bertz CT molecular complexity index is 414. The standard InChI is InChI=1S/C11H13N3O3/c1-17-11-3-2-8(4-12-11)5-14-6-9(15)13-10(16)7-14/h2-4H,5-7H2,1H3,(H,13,15,16). The van der Waals surface area contributed by atoms with E-state index in [0.717, 1.165) is 5.56 Å². The second-order valence-electron chi connectivity index (χ2n) is 3.83. The normalized spacial score (nSPS) is 16.8. The summed E-state index contributed by atoms with van der Waals surface area (Å²) in [6.07, 6.45) is 1.68. The third-order valence-electron chi connectivity index (χ3n) is 2.43. The minimum atomic E-state index is -0.261. The molecule has 2 heterocycles. The summed E-state index contributed by atoms with van der Waals surface area (Å²) in [7, 11) is 1.55. The highest BCUT2D eigenvalue weighted by molar-refractivity contribution is 5.99. The molecule has 0 bridgehead atoms. The zero-order valence-electron chi connectivity index (χ0n) is 9.47. The number of methoxy groups -OCH3 is 1. The number of carbonyl (C=O) groups excluding carboxylic acids is 2. The van der Waals surface area contributed by atoms with Crippen LogP contribution >= 0.6 is 0 Å². The minimum Gasteiger partial charge on any atom is -0.481 e. The molecule has 6 nitrogen and oxygen atoms in total. The molecule has 2 rings (SSSR count). The molecular weight excluding hydrogens is 222 g/mol. The summed E-state index contributed by atoms with van der Waals surface area (Å²) >= 11 is 0. The first-order chi connectivity index (χ1) is 8.17. The summed E-state index contributed by atoms with van der Waals surface area (Å²) in [4.78, 5) is 28.2. The third kappa shape index (κ3) is 3.01. The van der Waals surface area contributed by atoms with Gasteiger partial charge >= 0.3 is 0 Å². The van der Waals surface area contributed by atoms with E-state index >= 15 is 0 Å². The SMILES string of the molecule is COc1ccc(CN2CC(=O)NC(=O)C2)cn1. The van der Waals surface area contributed by atoms with Gasteiger partial charge in [-0.1, -0.05) is 6.07 Å². The van der Waals surface area contributed by atoms with Crippen LogP contribution in [0.5, 0.6) is 5.88 Å². The topological polar surface area (TPSA) is 71.5 Å². The van der Waals surface area contributed by atoms with Gasteiger partial charge in [0.1, 0.15) is 0 Å². The maximum atomic E-state index is 11.2. The molecule has 0 radical (unpaired) electrons. The van der Waals surface area contributed by atoms with Crippen molar-refractivity contribution in [3.8, 4) is 5.88 Å². The first kappa shape index (κ1) is 11.5. The lowest BCUT2D eigenvalue weighted by atomic mass is 10.2. The molecule has 1 aromatic rings. The molecular formula is C11H13N3O3. The largest absolute Gasteiger partial charge is 0.481 e. The number of hydrogen-bond donors (Lipinski definition) is 1. The predicted octanol–water partition coefficient (Wildman–Crippen LogP) is -0.451. The molecule has 6 heteroatoms. The summed E-state index contributed by atoms with van der Waals surface area (Å²) in [6.45, 7) is 0.992. The Morgan fingerprint density at radius 1 is 1.35 bits per heavy atom. The highest BCUT2D eigenvalue weighted by Gasteiger charge is 2.22. The molecule has 1 fully saturated rings. The molecule has 0 aliphatic carbocycles. The van der Waals surface area contributed by atoms with Crippen molar-refractivity contribution in [3.63, 3.8) is 0 Å². The molecule has 1 saturated heterocycles. The van der Waals surface area contributed by atoms with Gasteiger partial charge in [-0.25, -0.2) is 4.98 Å². The Labute approximate surface area is 98.6 Å². The maximum absolute atomic E-state index is 11.2. The highest BCUT2D eigenvalue weighted by Crippen LogP contribution is 2.09. The third-order valence-corrected chi connectivity index (χ3v) is 2.43. The van der Waals surface area contributed by atoms with Crippen LogP contribution in [0.4, 0.5) is 0 Å². The van der Waals surface area contributed by atoms with Gasteiger partial charge in [0.05, 0.1) is 20.2 Å². The first-order valence-corrected chi connectivity index (χ1v) is 5.21. The molecule has 90 valence electrons. The number of hydrogen-bond acceptors (Lipinski definition) is 5. The van der Waals surface area contributed by atoms with Crippen LogP contribution in [0.2, 0.25) is 0 Å². The number of carbonyl (C=O) groups is 2. The maximum Gasteiger partial charge on any atom is 0.240 e. The Morgan fingerprint density at radius 2 is 2.06 bits per heavy atom. The van der Waals surface area contributed by atoms with Crippen LogP contribution in [0, 0.1) is 0 Å². The van der Waals surface area contributed by atoms with Gasteiger partial charge in [-0.05, 0) is 5.56 Å². The van der Waals surface area contributed by atoms with Gasteiger partial charge in [0.25, 0.3) is 0 Å². The van der Waals surface area contributed by atoms with Crippen molar-refractivity contribution in [1.82, 2.24) is 15.2 Å². The fraction of sp³-hybridized carbons (Fsp3) is 0.364. The Balaban J connectivity index is 1.99. The van der Waals surface area contributed by atoms with Crippen LogP contribution in [0.3, 0.4) is 0 Å². The number of aromatic nitrogens is 1. The average Bonchev–Trinajstić information content (AvgIpc) is 2.28. The monoisotopic (exact) mass is 235 g/mol. The number of nitrogens with zero attached hydrogens (tertiary/aromatic N) is 2. The van der Waals surface area contributed by atoms with Crippen molar-refractivity contribution >= 4 is 11.8 Å². The number of amides is 2. The lowest BCUT2D eigenvalue weighted by Crippen LogP contribution is -2.50. The van der Waals surface area contributed by atoms with E-state index in [4.69, 9.17) is 4.74 Å². The average molecular weight is 235 g/mol. The molecule has 1 aliphatic rings. The zero-order chi connectivity index (χ0) is 12.3. The van der Waals surface area contributed by atoms with Crippen molar-refractivity contribution in [2.75, 3.05) is 20.2 Å². The van der Waals surface area contributed by atoms with E-state index in [9.17, 15) is 9.59 Å². The summed E-state index contributed by atoms with van der Waals surface area (Å²) in [5.74, 6) is 0.0201. The number of piperazine rings is 1. The van der Waals surface area contributed by atoms with Crippen LogP contribution in [0.15, 0.2) is 18.3 Å². The van der Waals surface area contributed by atoms with E-state index in [1.54, 1.807) is 24.3 Å². The molecule has 1 aliphatic heterocycles. The molecule has 17 heavy (non-hydrogen) atoms. The lowest BCUT2D eigenvalue weighted by molar-refractivity contribution is -0.136. The number of ether oxygens (including phenoxy) is 1. The molecule has 0 saturated carbocycles. The van der Waals surface area contributed by atoms with Gasteiger partial charge < -0.3 is 4.74 Å². The van der Waals surface area contributed by atoms with Crippen molar-refractivity contribution in [2.24, 2.45) is 0 Å². The van der Waals surface area contributed by atoms with Gasteiger partial charge in [0.2, 0.25) is 17.7 Å². The van der Waals surface area contributed by atoms with Crippen LogP contribution in [0.1, 0.15) is 5.56 Å². The first-order valence-electron chi connectivity index (χ1n) is 5.21. The Hall–Kier alpha value is -1.95. The summed E-state index contributed by atoms with van der Waals surface area (Å²) in [6, 6.07) is 3.62. The van der Waals surface area contributed by atoms with Crippen LogP contribution in [0.25, 0.3) is 0 Å². The Kier molecular flexibility index (Phi) is 3.34.